The lowest BCUT2D eigenvalue weighted by molar-refractivity contribution is 0.101. The van der Waals surface area contributed by atoms with Crippen LogP contribution < -0.4 is 5.32 Å². The molecule has 0 saturated carbocycles. The minimum atomic E-state index is -0.163. The quantitative estimate of drug-likeness (QED) is 0.686. The summed E-state index contributed by atoms with van der Waals surface area (Å²) in [5, 5.41) is 2.84. The van der Waals surface area contributed by atoms with Gasteiger partial charge in [0.25, 0.3) is 5.91 Å². The van der Waals surface area contributed by atoms with Crippen LogP contribution in [0.15, 0.2) is 42.5 Å². The number of hydrogen-bond donors (Lipinski definition) is 1. The standard InChI is InChI=1S/C17H16ClNO2/c1-11-5-3-4-6-15(11)17(21)19-13-7-8-14(12(2)9-13)16(20)10-18/h3-9H,10H2,1-2H3,(H,19,21). The molecule has 0 heterocycles. The average Bonchev–Trinajstić information content (AvgIpc) is 2.47. The molecule has 0 fully saturated rings. The molecule has 0 atom stereocenters. The summed E-state index contributed by atoms with van der Waals surface area (Å²) in [6, 6.07) is 12.6. The molecule has 0 spiro atoms. The van der Waals surface area contributed by atoms with Gasteiger partial charge in [0, 0.05) is 16.8 Å². The Labute approximate surface area is 128 Å². The maximum Gasteiger partial charge on any atom is 0.255 e. The Morgan fingerprint density at radius 3 is 2.33 bits per heavy atom. The molecule has 0 bridgehead atoms. The van der Waals surface area contributed by atoms with E-state index in [4.69, 9.17) is 11.6 Å². The van der Waals surface area contributed by atoms with Crippen LogP contribution in [0.25, 0.3) is 0 Å². The van der Waals surface area contributed by atoms with Crippen molar-refractivity contribution >= 4 is 29.0 Å². The highest BCUT2D eigenvalue weighted by atomic mass is 35.5. The number of benzene rings is 2. The summed E-state index contributed by atoms with van der Waals surface area (Å²) < 4.78 is 0. The average molecular weight is 302 g/mol. The van der Waals surface area contributed by atoms with Crippen LogP contribution in [0, 0.1) is 13.8 Å². The molecule has 1 N–H and O–H groups in total. The number of carbonyl (C=O) groups is 2. The van der Waals surface area contributed by atoms with E-state index in [2.05, 4.69) is 5.32 Å². The fraction of sp³-hybridized carbons (Fsp3) is 0.176. The number of hydrogen-bond acceptors (Lipinski definition) is 2. The predicted molar refractivity (Wildman–Crippen MR) is 85.4 cm³/mol. The summed E-state index contributed by atoms with van der Waals surface area (Å²) in [7, 11) is 0. The normalized spacial score (nSPS) is 10.2. The second-order valence-electron chi connectivity index (χ2n) is 4.86. The van der Waals surface area contributed by atoms with Crippen LogP contribution >= 0.6 is 11.6 Å². The van der Waals surface area contributed by atoms with Crippen molar-refractivity contribution in [3.63, 3.8) is 0 Å². The van der Waals surface area contributed by atoms with E-state index in [9.17, 15) is 9.59 Å². The third kappa shape index (κ3) is 3.50. The Morgan fingerprint density at radius 1 is 1.00 bits per heavy atom. The van der Waals surface area contributed by atoms with Crippen LogP contribution in [0.5, 0.6) is 0 Å². The van der Waals surface area contributed by atoms with Gasteiger partial charge in [-0.3, -0.25) is 9.59 Å². The third-order valence-electron chi connectivity index (χ3n) is 3.30. The van der Waals surface area contributed by atoms with E-state index >= 15 is 0 Å². The number of nitrogens with one attached hydrogen (secondary N) is 1. The van der Waals surface area contributed by atoms with Crippen LogP contribution in [-0.4, -0.2) is 17.6 Å². The summed E-state index contributed by atoms with van der Waals surface area (Å²) >= 11 is 5.56. The Balaban J connectivity index is 2.21. The largest absolute Gasteiger partial charge is 0.322 e. The Hall–Kier alpha value is -2.13. The molecule has 0 radical (unpaired) electrons. The molecule has 2 aromatic carbocycles. The lowest BCUT2D eigenvalue weighted by Gasteiger charge is -2.10. The summed E-state index contributed by atoms with van der Waals surface area (Å²) in [4.78, 5) is 23.8. The Morgan fingerprint density at radius 2 is 1.71 bits per heavy atom. The summed E-state index contributed by atoms with van der Waals surface area (Å²) in [5.74, 6) is -0.328. The van der Waals surface area contributed by atoms with E-state index in [0.717, 1.165) is 11.1 Å². The molecular weight excluding hydrogens is 286 g/mol. The van der Waals surface area contributed by atoms with Crippen LogP contribution in [0.1, 0.15) is 31.8 Å². The molecule has 0 saturated heterocycles. The van der Waals surface area contributed by atoms with Gasteiger partial charge in [0.15, 0.2) is 5.78 Å². The molecule has 0 aliphatic heterocycles. The fourth-order valence-electron chi connectivity index (χ4n) is 2.15. The van der Waals surface area contributed by atoms with Crippen molar-refractivity contribution in [1.29, 1.82) is 0 Å². The van der Waals surface area contributed by atoms with Crippen LogP contribution in [0.4, 0.5) is 5.69 Å². The zero-order chi connectivity index (χ0) is 15.4. The number of rotatable bonds is 4. The van der Waals surface area contributed by atoms with E-state index in [1.54, 1.807) is 24.3 Å². The van der Waals surface area contributed by atoms with Gasteiger partial charge in [0.1, 0.15) is 0 Å². The van der Waals surface area contributed by atoms with Crippen LogP contribution in [-0.2, 0) is 0 Å². The molecule has 2 aromatic rings. The number of anilines is 1. The van der Waals surface area contributed by atoms with Gasteiger partial charge in [-0.25, -0.2) is 0 Å². The van der Waals surface area contributed by atoms with Crippen molar-refractivity contribution in [3.05, 3.63) is 64.7 Å². The first-order valence-corrected chi connectivity index (χ1v) is 7.13. The number of carbonyl (C=O) groups excluding carboxylic acids is 2. The van der Waals surface area contributed by atoms with Crippen molar-refractivity contribution in [2.75, 3.05) is 11.2 Å². The maximum atomic E-state index is 12.2. The molecule has 21 heavy (non-hydrogen) atoms. The fourth-order valence-corrected chi connectivity index (χ4v) is 2.30. The van der Waals surface area contributed by atoms with E-state index in [1.807, 2.05) is 32.0 Å². The van der Waals surface area contributed by atoms with Gasteiger partial charge in [-0.15, -0.1) is 11.6 Å². The van der Waals surface area contributed by atoms with Crippen LogP contribution in [0.3, 0.4) is 0 Å². The highest BCUT2D eigenvalue weighted by Gasteiger charge is 2.11. The number of ketones is 1. The molecule has 0 aliphatic rings. The zero-order valence-electron chi connectivity index (χ0n) is 11.9. The number of alkyl halides is 1. The van der Waals surface area contributed by atoms with Gasteiger partial charge in [-0.05, 0) is 49.2 Å². The lowest BCUT2D eigenvalue weighted by Crippen LogP contribution is -2.13. The van der Waals surface area contributed by atoms with E-state index < -0.39 is 0 Å². The van der Waals surface area contributed by atoms with E-state index in [-0.39, 0.29) is 17.6 Å². The van der Waals surface area contributed by atoms with Gasteiger partial charge in [-0.2, -0.15) is 0 Å². The number of amides is 1. The molecule has 0 unspecified atom stereocenters. The number of halogens is 1. The van der Waals surface area contributed by atoms with E-state index in [0.29, 0.717) is 16.8 Å². The first-order valence-electron chi connectivity index (χ1n) is 6.59. The van der Waals surface area contributed by atoms with Gasteiger partial charge in [0.2, 0.25) is 0 Å². The smallest absolute Gasteiger partial charge is 0.255 e. The first-order chi connectivity index (χ1) is 10.0. The number of Topliss-reactive ketones (excluding diaryl/α,β-unsaturated/α-hetero) is 1. The molecule has 4 heteroatoms. The van der Waals surface area contributed by atoms with Crippen molar-refractivity contribution in [3.8, 4) is 0 Å². The monoisotopic (exact) mass is 301 g/mol. The molecule has 0 aliphatic carbocycles. The molecule has 0 aromatic heterocycles. The topological polar surface area (TPSA) is 46.2 Å². The van der Waals surface area contributed by atoms with Crippen molar-refractivity contribution in [1.82, 2.24) is 0 Å². The second-order valence-corrected chi connectivity index (χ2v) is 5.12. The molecule has 2 rings (SSSR count). The van der Waals surface area contributed by atoms with Crippen molar-refractivity contribution in [2.45, 2.75) is 13.8 Å². The second kappa shape index (κ2) is 6.55. The van der Waals surface area contributed by atoms with Crippen molar-refractivity contribution < 1.29 is 9.59 Å². The van der Waals surface area contributed by atoms with Gasteiger partial charge in [-0.1, -0.05) is 18.2 Å². The Kier molecular flexibility index (Phi) is 4.76. The SMILES string of the molecule is Cc1cc(NC(=O)c2ccccc2C)ccc1C(=O)CCl. The molecular formula is C17H16ClNO2. The molecule has 1 amide bonds. The van der Waals surface area contributed by atoms with Gasteiger partial charge in [0.05, 0.1) is 5.88 Å². The maximum absolute atomic E-state index is 12.2. The molecule has 108 valence electrons. The van der Waals surface area contributed by atoms with Crippen LogP contribution in [0.2, 0.25) is 0 Å². The predicted octanol–water partition coefficient (Wildman–Crippen LogP) is 3.98. The lowest BCUT2D eigenvalue weighted by atomic mass is 10.0. The zero-order valence-corrected chi connectivity index (χ0v) is 12.7. The Bertz CT molecular complexity index is 695. The highest BCUT2D eigenvalue weighted by molar-refractivity contribution is 6.30. The van der Waals surface area contributed by atoms with Gasteiger partial charge < -0.3 is 5.32 Å². The van der Waals surface area contributed by atoms with Gasteiger partial charge >= 0.3 is 0 Å². The molecule has 3 nitrogen and oxygen atoms in total. The summed E-state index contributed by atoms with van der Waals surface area (Å²) in [6.45, 7) is 3.71. The third-order valence-corrected chi connectivity index (χ3v) is 3.54. The summed E-state index contributed by atoms with van der Waals surface area (Å²) in [6.07, 6.45) is 0. The minimum Gasteiger partial charge on any atom is -0.322 e. The summed E-state index contributed by atoms with van der Waals surface area (Å²) in [5.41, 5.74) is 3.59. The first kappa shape index (κ1) is 15.3. The van der Waals surface area contributed by atoms with E-state index in [1.165, 1.54) is 0 Å². The minimum absolute atomic E-state index is 0.0459. The number of aryl methyl sites for hydroxylation is 2. The highest BCUT2D eigenvalue weighted by Crippen LogP contribution is 2.18. The van der Waals surface area contributed by atoms with Crippen molar-refractivity contribution in [2.24, 2.45) is 0 Å².